The summed E-state index contributed by atoms with van der Waals surface area (Å²) in [5.74, 6) is 1.01. The molecular weight excluding hydrogens is 446 g/mol. The van der Waals surface area contributed by atoms with Crippen molar-refractivity contribution >= 4 is 27.2 Å². The van der Waals surface area contributed by atoms with E-state index >= 15 is 0 Å². The van der Waals surface area contributed by atoms with Crippen LogP contribution in [-0.2, 0) is 0 Å². The Morgan fingerprint density at radius 1 is 0.912 bits per heavy atom. The Balaban J connectivity index is 1.37. The van der Waals surface area contributed by atoms with E-state index < -0.39 is 0 Å². The summed E-state index contributed by atoms with van der Waals surface area (Å²) in [5, 5.41) is 20.4. The molecule has 5 rings (SSSR count). The Hall–Kier alpha value is -3.35. The van der Waals surface area contributed by atoms with Gasteiger partial charge in [-0.25, -0.2) is 0 Å². The quantitative estimate of drug-likeness (QED) is 0.240. The second-order valence-corrected chi connectivity index (χ2v) is 9.69. The highest BCUT2D eigenvalue weighted by atomic mass is 32.1. The molecule has 3 aromatic carbocycles. The van der Waals surface area contributed by atoms with Gasteiger partial charge < -0.3 is 19.8 Å². The Labute approximate surface area is 202 Å². The fourth-order valence-corrected chi connectivity index (χ4v) is 5.70. The molecule has 1 saturated heterocycles. The summed E-state index contributed by atoms with van der Waals surface area (Å²) in [6.45, 7) is 4.12. The molecular formula is C28H27NO4S. The maximum atomic E-state index is 13.6. The molecule has 6 heteroatoms. The van der Waals surface area contributed by atoms with E-state index in [1.54, 1.807) is 42.5 Å². The molecule has 174 valence electrons. The Kier molecular flexibility index (Phi) is 6.52. The number of thiophene rings is 1. The SMILES string of the molecule is O=C(c1ccc(OCCCN2CCCC2)cc1)c1c(-c2ccc(O)cc2)sc2cc(O)ccc12. The van der Waals surface area contributed by atoms with Crippen LogP contribution in [0.1, 0.15) is 35.2 Å². The predicted octanol–water partition coefficient (Wildman–Crippen LogP) is 6.08. The molecule has 4 aromatic rings. The first-order valence-electron chi connectivity index (χ1n) is 11.6. The summed E-state index contributed by atoms with van der Waals surface area (Å²) in [4.78, 5) is 16.9. The van der Waals surface area contributed by atoms with Gasteiger partial charge in [0.15, 0.2) is 5.78 Å². The van der Waals surface area contributed by atoms with E-state index in [4.69, 9.17) is 4.74 Å². The highest BCUT2D eigenvalue weighted by Gasteiger charge is 2.22. The van der Waals surface area contributed by atoms with Crippen LogP contribution < -0.4 is 4.74 Å². The van der Waals surface area contributed by atoms with Gasteiger partial charge in [-0.05, 0) is 105 Å². The van der Waals surface area contributed by atoms with E-state index in [9.17, 15) is 15.0 Å². The smallest absolute Gasteiger partial charge is 0.195 e. The molecule has 1 aromatic heterocycles. The zero-order valence-corrected chi connectivity index (χ0v) is 19.7. The largest absolute Gasteiger partial charge is 0.508 e. The number of ether oxygens (including phenoxy) is 1. The molecule has 0 atom stereocenters. The monoisotopic (exact) mass is 473 g/mol. The molecule has 0 radical (unpaired) electrons. The van der Waals surface area contributed by atoms with Crippen LogP contribution in [0.5, 0.6) is 17.2 Å². The zero-order chi connectivity index (χ0) is 23.5. The topological polar surface area (TPSA) is 70.0 Å². The minimum absolute atomic E-state index is 0.0828. The number of likely N-dealkylation sites (tertiary alicyclic amines) is 1. The predicted molar refractivity (Wildman–Crippen MR) is 136 cm³/mol. The summed E-state index contributed by atoms with van der Waals surface area (Å²) in [6.07, 6.45) is 3.58. The lowest BCUT2D eigenvalue weighted by Crippen LogP contribution is -2.21. The number of benzene rings is 3. The summed E-state index contributed by atoms with van der Waals surface area (Å²) < 4.78 is 6.73. The summed E-state index contributed by atoms with van der Waals surface area (Å²) in [5.41, 5.74) is 2.03. The lowest BCUT2D eigenvalue weighted by atomic mass is 9.97. The van der Waals surface area contributed by atoms with Crippen LogP contribution in [0.15, 0.2) is 66.7 Å². The zero-order valence-electron chi connectivity index (χ0n) is 18.9. The molecule has 0 amide bonds. The Morgan fingerprint density at radius 2 is 1.62 bits per heavy atom. The number of carbonyl (C=O) groups excluding carboxylic acids is 1. The van der Waals surface area contributed by atoms with Gasteiger partial charge in [-0.1, -0.05) is 0 Å². The van der Waals surface area contributed by atoms with Crippen LogP contribution in [-0.4, -0.2) is 47.1 Å². The molecule has 2 heterocycles. The average Bonchev–Trinajstić information content (AvgIpc) is 3.50. The molecule has 0 unspecified atom stereocenters. The highest BCUT2D eigenvalue weighted by molar-refractivity contribution is 7.22. The van der Waals surface area contributed by atoms with Crippen molar-refractivity contribution in [2.45, 2.75) is 19.3 Å². The minimum atomic E-state index is -0.0828. The second-order valence-electron chi connectivity index (χ2n) is 8.64. The van der Waals surface area contributed by atoms with E-state index in [-0.39, 0.29) is 17.3 Å². The van der Waals surface area contributed by atoms with Gasteiger partial charge in [-0.3, -0.25) is 4.79 Å². The van der Waals surface area contributed by atoms with Gasteiger partial charge in [-0.2, -0.15) is 0 Å². The number of nitrogens with zero attached hydrogens (tertiary/aromatic N) is 1. The molecule has 0 aliphatic carbocycles. The summed E-state index contributed by atoms with van der Waals surface area (Å²) in [6, 6.07) is 19.2. The molecule has 1 aliphatic heterocycles. The molecule has 5 nitrogen and oxygen atoms in total. The highest BCUT2D eigenvalue weighted by Crippen LogP contribution is 2.41. The number of phenols is 2. The first-order valence-corrected chi connectivity index (χ1v) is 12.4. The lowest BCUT2D eigenvalue weighted by molar-refractivity contribution is 0.104. The van der Waals surface area contributed by atoms with Crippen LogP contribution >= 0.6 is 11.3 Å². The van der Waals surface area contributed by atoms with Gasteiger partial charge in [0.1, 0.15) is 17.2 Å². The molecule has 2 N–H and O–H groups in total. The summed E-state index contributed by atoms with van der Waals surface area (Å²) in [7, 11) is 0. The Morgan fingerprint density at radius 3 is 2.35 bits per heavy atom. The molecule has 0 saturated carbocycles. The average molecular weight is 474 g/mol. The number of ketones is 1. The second kappa shape index (κ2) is 9.87. The normalized spacial score (nSPS) is 14.0. The van der Waals surface area contributed by atoms with E-state index in [1.807, 2.05) is 24.3 Å². The van der Waals surface area contributed by atoms with Gasteiger partial charge in [-0.15, -0.1) is 11.3 Å². The first-order chi connectivity index (χ1) is 16.6. The van der Waals surface area contributed by atoms with Crippen LogP contribution in [0.2, 0.25) is 0 Å². The molecule has 0 spiro atoms. The number of hydrogen-bond acceptors (Lipinski definition) is 6. The van der Waals surface area contributed by atoms with Crippen molar-refractivity contribution in [3.63, 3.8) is 0 Å². The van der Waals surface area contributed by atoms with Gasteiger partial charge in [0.05, 0.1) is 6.61 Å². The van der Waals surface area contributed by atoms with E-state index in [0.29, 0.717) is 17.7 Å². The van der Waals surface area contributed by atoms with Crippen molar-refractivity contribution in [1.29, 1.82) is 0 Å². The Bertz CT molecular complexity index is 1290. The minimum Gasteiger partial charge on any atom is -0.508 e. The van der Waals surface area contributed by atoms with Crippen LogP contribution in [0.3, 0.4) is 0 Å². The number of phenolic OH excluding ortho intramolecular Hbond substituents is 2. The standard InChI is InChI=1S/C28H27NO4S/c30-21-8-4-20(5-9-21)28-26(24-13-10-22(31)18-25(24)34-28)27(32)19-6-11-23(12-7-19)33-17-3-16-29-14-1-2-15-29/h4-13,18,30-31H,1-3,14-17H2. The van der Waals surface area contributed by atoms with E-state index in [0.717, 1.165) is 39.2 Å². The molecule has 1 fully saturated rings. The van der Waals surface area contributed by atoms with Gasteiger partial charge in [0.2, 0.25) is 0 Å². The third kappa shape index (κ3) is 4.79. The maximum Gasteiger partial charge on any atom is 0.195 e. The number of rotatable bonds is 8. The first kappa shape index (κ1) is 22.4. The third-order valence-corrected chi connectivity index (χ3v) is 7.43. The third-order valence-electron chi connectivity index (χ3n) is 6.23. The van der Waals surface area contributed by atoms with Crippen LogP contribution in [0.25, 0.3) is 20.5 Å². The van der Waals surface area contributed by atoms with Crippen molar-refractivity contribution < 1.29 is 19.7 Å². The van der Waals surface area contributed by atoms with E-state index in [2.05, 4.69) is 4.90 Å². The van der Waals surface area contributed by atoms with Crippen molar-refractivity contribution in [3.8, 4) is 27.7 Å². The van der Waals surface area contributed by atoms with Crippen molar-refractivity contribution in [2.75, 3.05) is 26.2 Å². The van der Waals surface area contributed by atoms with Crippen molar-refractivity contribution in [3.05, 3.63) is 77.9 Å². The summed E-state index contributed by atoms with van der Waals surface area (Å²) >= 11 is 1.46. The van der Waals surface area contributed by atoms with Crippen LogP contribution in [0.4, 0.5) is 0 Å². The van der Waals surface area contributed by atoms with Gasteiger partial charge in [0.25, 0.3) is 0 Å². The van der Waals surface area contributed by atoms with Gasteiger partial charge >= 0.3 is 0 Å². The maximum absolute atomic E-state index is 13.6. The lowest BCUT2D eigenvalue weighted by Gasteiger charge is -2.14. The number of carbonyl (C=O) groups is 1. The van der Waals surface area contributed by atoms with E-state index in [1.165, 1.54) is 37.3 Å². The van der Waals surface area contributed by atoms with Gasteiger partial charge in [0, 0.05) is 32.6 Å². The molecule has 0 bridgehead atoms. The van der Waals surface area contributed by atoms with Crippen molar-refractivity contribution in [2.24, 2.45) is 0 Å². The number of fused-ring (bicyclic) bond motifs is 1. The molecule has 34 heavy (non-hydrogen) atoms. The fraction of sp³-hybridized carbons (Fsp3) is 0.250. The molecule has 1 aliphatic rings. The fourth-order valence-electron chi connectivity index (χ4n) is 4.46. The number of hydrogen-bond donors (Lipinski definition) is 2. The number of aromatic hydroxyl groups is 2. The van der Waals surface area contributed by atoms with Crippen LogP contribution in [0, 0.1) is 0 Å². The van der Waals surface area contributed by atoms with Crippen molar-refractivity contribution in [1.82, 2.24) is 4.90 Å².